The average molecular weight is 318 g/mol. The quantitative estimate of drug-likeness (QED) is 0.748. The molecule has 0 saturated heterocycles. The van der Waals surface area contributed by atoms with Gasteiger partial charge in [-0.2, -0.15) is 0 Å². The fourth-order valence-corrected chi connectivity index (χ4v) is 8.04. The van der Waals surface area contributed by atoms with E-state index in [1.165, 1.54) is 4.00 Å². The predicted octanol–water partition coefficient (Wildman–Crippen LogP) is 1.42. The molecule has 0 amide bonds. The first-order valence-corrected chi connectivity index (χ1v) is 9.43. The third kappa shape index (κ3) is 3.90. The van der Waals surface area contributed by atoms with Crippen LogP contribution in [0.15, 0.2) is 60.7 Å². The summed E-state index contributed by atoms with van der Waals surface area (Å²) in [6, 6.07) is 21.8. The molecule has 2 heteroatoms. The van der Waals surface area contributed by atoms with Crippen molar-refractivity contribution in [3.05, 3.63) is 60.7 Å². The summed E-state index contributed by atoms with van der Waals surface area (Å²) in [5, 5.41) is 0. The van der Waals surface area contributed by atoms with Crippen LogP contribution in [0.1, 0.15) is 0 Å². The number of hydrogen-bond acceptors (Lipinski definition) is 0. The molecule has 0 spiro atoms. The van der Waals surface area contributed by atoms with E-state index in [2.05, 4.69) is 60.7 Å². The van der Waals surface area contributed by atoms with Gasteiger partial charge >= 0.3 is 105 Å². The van der Waals surface area contributed by atoms with Gasteiger partial charge in [0.15, 0.2) is 0 Å². The Morgan fingerprint density at radius 1 is 0.600 bits per heavy atom. The SMILES string of the molecule is c1ccc([As]C[As]c2ccccc2)cc1. The third-order valence-electron chi connectivity index (χ3n) is 2.02. The molecular weight excluding hydrogens is 306 g/mol. The molecule has 0 aliphatic rings. The Morgan fingerprint density at radius 2 is 1.00 bits per heavy atom. The second-order valence-electron chi connectivity index (χ2n) is 3.13. The van der Waals surface area contributed by atoms with Gasteiger partial charge < -0.3 is 0 Å². The van der Waals surface area contributed by atoms with Crippen LogP contribution in [0.4, 0.5) is 0 Å². The van der Waals surface area contributed by atoms with Crippen LogP contribution in [0, 0.1) is 0 Å². The molecule has 0 aliphatic heterocycles. The topological polar surface area (TPSA) is 0 Å². The van der Waals surface area contributed by atoms with Crippen LogP contribution in [-0.4, -0.2) is 31.5 Å². The summed E-state index contributed by atoms with van der Waals surface area (Å²) in [6.07, 6.45) is 0. The van der Waals surface area contributed by atoms with Gasteiger partial charge in [0.05, 0.1) is 0 Å². The van der Waals surface area contributed by atoms with Crippen LogP contribution in [-0.2, 0) is 0 Å². The van der Waals surface area contributed by atoms with Crippen molar-refractivity contribution < 1.29 is 0 Å². The fraction of sp³-hybridized carbons (Fsp3) is 0.0769. The summed E-state index contributed by atoms with van der Waals surface area (Å²) >= 11 is 0.773. The van der Waals surface area contributed by atoms with Gasteiger partial charge in [-0.05, 0) is 0 Å². The first-order valence-electron chi connectivity index (χ1n) is 4.90. The molecule has 0 aliphatic carbocycles. The van der Waals surface area contributed by atoms with E-state index in [0.29, 0.717) is 31.5 Å². The molecule has 0 aromatic heterocycles. The van der Waals surface area contributed by atoms with Gasteiger partial charge in [0.2, 0.25) is 0 Å². The van der Waals surface area contributed by atoms with Crippen LogP contribution in [0.3, 0.4) is 0 Å². The van der Waals surface area contributed by atoms with E-state index < -0.39 is 0 Å². The van der Waals surface area contributed by atoms with Crippen molar-refractivity contribution >= 4 is 40.2 Å². The molecule has 0 bridgehead atoms. The number of hydrogen-bond donors (Lipinski definition) is 0. The van der Waals surface area contributed by atoms with Crippen molar-refractivity contribution in [3.8, 4) is 0 Å². The van der Waals surface area contributed by atoms with Gasteiger partial charge in [-0.25, -0.2) is 0 Å². The van der Waals surface area contributed by atoms with Crippen molar-refractivity contribution in [2.45, 2.75) is 4.00 Å². The molecule has 74 valence electrons. The number of rotatable bonds is 4. The summed E-state index contributed by atoms with van der Waals surface area (Å²) in [5.41, 5.74) is 0. The first kappa shape index (κ1) is 11.1. The van der Waals surface area contributed by atoms with Crippen molar-refractivity contribution in [3.63, 3.8) is 0 Å². The summed E-state index contributed by atoms with van der Waals surface area (Å²) in [6.45, 7) is 0. The average Bonchev–Trinajstić information content (AvgIpc) is 2.32. The first-order chi connectivity index (χ1) is 7.45. The summed E-state index contributed by atoms with van der Waals surface area (Å²) in [5.74, 6) is 0. The Labute approximate surface area is 104 Å². The van der Waals surface area contributed by atoms with E-state index in [1.54, 1.807) is 8.70 Å². The van der Waals surface area contributed by atoms with Gasteiger partial charge in [0.1, 0.15) is 0 Å². The maximum atomic E-state index is 2.26. The minimum atomic E-state index is 0.387. The normalized spacial score (nSPS) is 11.7. The van der Waals surface area contributed by atoms with Crippen LogP contribution in [0.5, 0.6) is 0 Å². The van der Waals surface area contributed by atoms with Crippen LogP contribution in [0.25, 0.3) is 0 Å². The number of benzene rings is 2. The van der Waals surface area contributed by atoms with Crippen molar-refractivity contribution in [1.29, 1.82) is 0 Å². The van der Waals surface area contributed by atoms with E-state index in [9.17, 15) is 0 Å². The molecule has 0 N–H and O–H groups in total. The van der Waals surface area contributed by atoms with Gasteiger partial charge in [-0.1, -0.05) is 0 Å². The summed E-state index contributed by atoms with van der Waals surface area (Å²) < 4.78 is 4.53. The zero-order valence-electron chi connectivity index (χ0n) is 8.38. The van der Waals surface area contributed by atoms with Gasteiger partial charge in [0.25, 0.3) is 0 Å². The van der Waals surface area contributed by atoms with Crippen molar-refractivity contribution in [2.75, 3.05) is 0 Å². The van der Waals surface area contributed by atoms with Crippen molar-refractivity contribution in [2.24, 2.45) is 0 Å². The Balaban J connectivity index is 1.81. The fourth-order valence-electron chi connectivity index (χ4n) is 1.27. The third-order valence-corrected chi connectivity index (χ3v) is 8.48. The minimum absolute atomic E-state index is 0.387. The second kappa shape index (κ2) is 6.21. The van der Waals surface area contributed by atoms with E-state index in [0.717, 1.165) is 0 Å². The molecule has 2 radical (unpaired) electrons. The zero-order chi connectivity index (χ0) is 10.3. The summed E-state index contributed by atoms with van der Waals surface area (Å²) in [7, 11) is 0. The van der Waals surface area contributed by atoms with E-state index in [1.807, 2.05) is 0 Å². The standard InChI is InChI=1S/C13H12As2/c1-3-7-12(8-4-1)14-11-15-13-9-5-2-6-10-13/h1-10H,11H2. The molecule has 2 aromatic carbocycles. The zero-order valence-corrected chi connectivity index (χ0v) is 12.1. The van der Waals surface area contributed by atoms with Crippen molar-refractivity contribution in [1.82, 2.24) is 0 Å². The van der Waals surface area contributed by atoms with E-state index in [-0.39, 0.29) is 0 Å². The second-order valence-corrected chi connectivity index (χ2v) is 10.3. The van der Waals surface area contributed by atoms with Crippen LogP contribution < -0.4 is 8.70 Å². The van der Waals surface area contributed by atoms with Gasteiger partial charge in [-0.15, -0.1) is 0 Å². The summed E-state index contributed by atoms with van der Waals surface area (Å²) in [4.78, 5) is 0. The Bertz CT molecular complexity index is 344. The molecule has 15 heavy (non-hydrogen) atoms. The molecule has 2 rings (SSSR count). The molecule has 0 unspecified atom stereocenters. The van der Waals surface area contributed by atoms with Gasteiger partial charge in [-0.3, -0.25) is 0 Å². The Kier molecular flexibility index (Phi) is 4.57. The predicted molar refractivity (Wildman–Crippen MR) is 68.5 cm³/mol. The van der Waals surface area contributed by atoms with Crippen LogP contribution in [0.2, 0.25) is 4.00 Å². The molecule has 0 atom stereocenters. The van der Waals surface area contributed by atoms with Gasteiger partial charge in [0, 0.05) is 0 Å². The van der Waals surface area contributed by atoms with E-state index in [4.69, 9.17) is 0 Å². The Morgan fingerprint density at radius 3 is 1.40 bits per heavy atom. The molecule has 0 nitrogen and oxygen atoms in total. The Hall–Kier alpha value is -0.443. The molecular formula is C13H12As2. The molecule has 0 saturated carbocycles. The molecule has 2 aromatic rings. The van der Waals surface area contributed by atoms with Crippen LogP contribution >= 0.6 is 0 Å². The maximum absolute atomic E-state index is 2.26. The molecule has 0 heterocycles. The monoisotopic (exact) mass is 318 g/mol. The molecule has 0 fully saturated rings. The van der Waals surface area contributed by atoms with E-state index >= 15 is 0 Å².